The van der Waals surface area contributed by atoms with Crippen LogP contribution in [0.5, 0.6) is 5.75 Å². The fourth-order valence-corrected chi connectivity index (χ4v) is 3.21. The fourth-order valence-electron chi connectivity index (χ4n) is 3.21. The predicted molar refractivity (Wildman–Crippen MR) is 129 cm³/mol. The Bertz CT molecular complexity index is 1270. The number of aryl methyl sites for hydroxylation is 1. The number of rotatable bonds is 8. The largest absolute Gasteiger partial charge is 0.471 e. The molecule has 2 N–H and O–H groups in total. The Balaban J connectivity index is 1.29. The second-order valence-corrected chi connectivity index (χ2v) is 8.10. The molecule has 34 heavy (non-hydrogen) atoms. The molecule has 2 amide bonds. The first kappa shape index (κ1) is 22.8. The highest BCUT2D eigenvalue weighted by Crippen LogP contribution is 2.19. The molecular formula is C25H26N6O3. The Morgan fingerprint density at radius 1 is 0.824 bits per heavy atom. The van der Waals surface area contributed by atoms with Crippen LogP contribution >= 0.6 is 0 Å². The minimum atomic E-state index is -0.342. The Hall–Kier alpha value is -4.40. The van der Waals surface area contributed by atoms with E-state index in [1.54, 1.807) is 65.2 Å². The van der Waals surface area contributed by atoms with Crippen molar-refractivity contribution in [3.63, 3.8) is 0 Å². The quantitative estimate of drug-likeness (QED) is 0.410. The molecular weight excluding hydrogens is 432 g/mol. The molecule has 9 nitrogen and oxygen atoms in total. The van der Waals surface area contributed by atoms with Crippen LogP contribution in [0, 0.1) is 0 Å². The number of carbonyl (C=O) groups excluding carboxylic acids is 2. The van der Waals surface area contributed by atoms with Gasteiger partial charge in [-0.05, 0) is 60.0 Å². The second-order valence-electron chi connectivity index (χ2n) is 8.10. The summed E-state index contributed by atoms with van der Waals surface area (Å²) in [5.41, 5.74) is 3.01. The van der Waals surface area contributed by atoms with E-state index in [1.165, 1.54) is 5.56 Å². The zero-order valence-corrected chi connectivity index (χ0v) is 19.2. The van der Waals surface area contributed by atoms with Crippen molar-refractivity contribution in [2.75, 3.05) is 10.6 Å². The Labute approximate surface area is 197 Å². The maximum absolute atomic E-state index is 12.5. The summed E-state index contributed by atoms with van der Waals surface area (Å²) in [6.07, 6.45) is 3.39. The molecule has 4 aromatic rings. The molecule has 0 radical (unpaired) electrons. The summed E-state index contributed by atoms with van der Waals surface area (Å²) in [7, 11) is 1.75. The molecule has 0 bridgehead atoms. The fraction of sp³-hybridized carbons (Fsp3) is 0.200. The normalized spacial score (nSPS) is 10.8. The average molecular weight is 459 g/mol. The molecule has 0 aliphatic rings. The van der Waals surface area contributed by atoms with Gasteiger partial charge in [0.1, 0.15) is 5.75 Å². The number of anilines is 2. The van der Waals surface area contributed by atoms with E-state index in [-0.39, 0.29) is 24.2 Å². The van der Waals surface area contributed by atoms with Crippen molar-refractivity contribution in [2.45, 2.75) is 26.5 Å². The SMILES string of the molecule is CC(C)c1ccc(OCn2ccc(C(=O)Nc3ccc(NC(=O)c4ccn(C)n4)cc3)n2)cc1. The van der Waals surface area contributed by atoms with E-state index in [0.717, 1.165) is 5.75 Å². The van der Waals surface area contributed by atoms with Crippen molar-refractivity contribution < 1.29 is 14.3 Å². The summed E-state index contributed by atoms with van der Waals surface area (Å²) < 4.78 is 8.86. The van der Waals surface area contributed by atoms with Crippen LogP contribution in [0.2, 0.25) is 0 Å². The molecule has 0 atom stereocenters. The molecule has 9 heteroatoms. The van der Waals surface area contributed by atoms with E-state index in [1.807, 2.05) is 24.3 Å². The van der Waals surface area contributed by atoms with E-state index in [4.69, 9.17) is 4.74 Å². The Morgan fingerprint density at radius 2 is 1.38 bits per heavy atom. The van der Waals surface area contributed by atoms with Gasteiger partial charge in [-0.2, -0.15) is 10.2 Å². The molecule has 0 fully saturated rings. The van der Waals surface area contributed by atoms with Gasteiger partial charge in [0, 0.05) is 30.8 Å². The molecule has 2 aromatic heterocycles. The van der Waals surface area contributed by atoms with Crippen molar-refractivity contribution in [3.8, 4) is 5.75 Å². The first-order valence-corrected chi connectivity index (χ1v) is 10.9. The number of aromatic nitrogens is 4. The Morgan fingerprint density at radius 3 is 1.91 bits per heavy atom. The summed E-state index contributed by atoms with van der Waals surface area (Å²) in [5.74, 6) is 0.551. The third kappa shape index (κ3) is 5.69. The number of hydrogen-bond donors (Lipinski definition) is 2. The molecule has 0 aliphatic carbocycles. The summed E-state index contributed by atoms with van der Waals surface area (Å²) in [6.45, 7) is 4.48. The molecule has 0 saturated heterocycles. The smallest absolute Gasteiger partial charge is 0.276 e. The van der Waals surface area contributed by atoms with Crippen LogP contribution in [-0.4, -0.2) is 31.4 Å². The number of ether oxygens (including phenoxy) is 1. The number of amides is 2. The number of benzene rings is 2. The van der Waals surface area contributed by atoms with Gasteiger partial charge in [0.15, 0.2) is 18.1 Å². The van der Waals surface area contributed by atoms with Crippen LogP contribution < -0.4 is 15.4 Å². The standard InChI is InChI=1S/C25H26N6O3/c1-17(2)18-4-10-21(11-5-18)34-16-31-15-13-23(29-31)25(33)27-20-8-6-19(7-9-20)26-24(32)22-12-14-30(3)28-22/h4-15,17H,16H2,1-3H3,(H,26,32)(H,27,33). The topological polar surface area (TPSA) is 103 Å². The zero-order chi connectivity index (χ0) is 24.1. The maximum Gasteiger partial charge on any atom is 0.276 e. The molecule has 0 saturated carbocycles. The van der Waals surface area contributed by atoms with E-state index >= 15 is 0 Å². The summed E-state index contributed by atoms with van der Waals surface area (Å²) in [6, 6.07) is 18.0. The third-order valence-electron chi connectivity index (χ3n) is 5.13. The number of nitrogens with one attached hydrogen (secondary N) is 2. The van der Waals surface area contributed by atoms with Crippen LogP contribution in [0.4, 0.5) is 11.4 Å². The van der Waals surface area contributed by atoms with E-state index in [2.05, 4.69) is 34.7 Å². The second kappa shape index (κ2) is 10.0. The van der Waals surface area contributed by atoms with Gasteiger partial charge < -0.3 is 15.4 Å². The van der Waals surface area contributed by atoms with Gasteiger partial charge in [0.2, 0.25) is 0 Å². The molecule has 174 valence electrons. The lowest BCUT2D eigenvalue weighted by Gasteiger charge is -2.09. The number of carbonyl (C=O) groups is 2. The van der Waals surface area contributed by atoms with Gasteiger partial charge in [0.25, 0.3) is 11.8 Å². The number of nitrogens with zero attached hydrogens (tertiary/aromatic N) is 4. The van der Waals surface area contributed by atoms with Gasteiger partial charge in [0.05, 0.1) is 0 Å². The lowest BCUT2D eigenvalue weighted by atomic mass is 10.0. The van der Waals surface area contributed by atoms with E-state index < -0.39 is 0 Å². The highest BCUT2D eigenvalue weighted by Gasteiger charge is 2.12. The molecule has 0 aliphatic heterocycles. The first-order chi connectivity index (χ1) is 16.4. The van der Waals surface area contributed by atoms with Gasteiger partial charge in [-0.25, -0.2) is 4.68 Å². The van der Waals surface area contributed by atoms with Gasteiger partial charge in [-0.1, -0.05) is 26.0 Å². The van der Waals surface area contributed by atoms with E-state index in [9.17, 15) is 9.59 Å². The minimum absolute atomic E-state index is 0.193. The zero-order valence-electron chi connectivity index (χ0n) is 19.2. The first-order valence-electron chi connectivity index (χ1n) is 10.9. The van der Waals surface area contributed by atoms with Crippen LogP contribution in [0.25, 0.3) is 0 Å². The highest BCUT2D eigenvalue weighted by atomic mass is 16.5. The van der Waals surface area contributed by atoms with Gasteiger partial charge >= 0.3 is 0 Å². The monoisotopic (exact) mass is 458 g/mol. The predicted octanol–water partition coefficient (Wildman–Crippen LogP) is 4.28. The highest BCUT2D eigenvalue weighted by molar-refractivity contribution is 6.04. The summed E-state index contributed by atoms with van der Waals surface area (Å²) >= 11 is 0. The van der Waals surface area contributed by atoms with Gasteiger partial charge in [-0.3, -0.25) is 14.3 Å². The molecule has 0 spiro atoms. The van der Waals surface area contributed by atoms with Crippen LogP contribution in [-0.2, 0) is 13.8 Å². The van der Waals surface area contributed by atoms with Crippen molar-refractivity contribution in [1.29, 1.82) is 0 Å². The minimum Gasteiger partial charge on any atom is -0.471 e. The van der Waals surface area contributed by atoms with Crippen molar-refractivity contribution in [1.82, 2.24) is 19.6 Å². The number of hydrogen-bond acceptors (Lipinski definition) is 5. The Kier molecular flexibility index (Phi) is 6.72. The lowest BCUT2D eigenvalue weighted by Crippen LogP contribution is -2.15. The van der Waals surface area contributed by atoms with Crippen LogP contribution in [0.15, 0.2) is 73.1 Å². The van der Waals surface area contributed by atoms with Crippen LogP contribution in [0.1, 0.15) is 46.3 Å². The average Bonchev–Trinajstić information content (AvgIpc) is 3.48. The van der Waals surface area contributed by atoms with Crippen molar-refractivity contribution >= 4 is 23.2 Å². The maximum atomic E-state index is 12.5. The van der Waals surface area contributed by atoms with Gasteiger partial charge in [-0.15, -0.1) is 0 Å². The summed E-state index contributed by atoms with van der Waals surface area (Å²) in [5, 5.41) is 13.9. The summed E-state index contributed by atoms with van der Waals surface area (Å²) in [4.78, 5) is 24.7. The lowest BCUT2D eigenvalue weighted by molar-refractivity contribution is 0.101. The molecule has 2 aromatic carbocycles. The van der Waals surface area contributed by atoms with Crippen LogP contribution in [0.3, 0.4) is 0 Å². The molecule has 0 unspecified atom stereocenters. The molecule has 2 heterocycles. The molecule has 4 rings (SSSR count). The van der Waals surface area contributed by atoms with Crippen molar-refractivity contribution in [2.24, 2.45) is 7.05 Å². The van der Waals surface area contributed by atoms with Crippen molar-refractivity contribution in [3.05, 3.63) is 90.0 Å². The van der Waals surface area contributed by atoms with E-state index in [0.29, 0.717) is 23.0 Å². The third-order valence-corrected chi connectivity index (χ3v) is 5.13.